The molecule has 0 saturated heterocycles. The Kier molecular flexibility index (Phi) is 4.39. The molecule has 0 aliphatic heterocycles. The molecule has 0 aromatic carbocycles. The number of ether oxygens (including phenoxy) is 2. The largest absolute Gasteiger partial charge is 0.422 e. The van der Waals surface area contributed by atoms with Gasteiger partial charge >= 0.3 is 11.9 Å². The molecule has 6 heteroatoms. The van der Waals surface area contributed by atoms with E-state index in [1.807, 2.05) is 0 Å². The van der Waals surface area contributed by atoms with E-state index >= 15 is 0 Å². The third kappa shape index (κ3) is 3.61. The van der Waals surface area contributed by atoms with Gasteiger partial charge in [-0.25, -0.2) is 9.59 Å². The standard InChI is InChI=1S/C14H12N2O4/c1-10(19-13(17)11-2-6-15-7-3-11)20-14(18)12-4-8-16-9-5-12/h2-10H,1H3. The minimum atomic E-state index is -0.990. The van der Waals surface area contributed by atoms with Crippen LogP contribution in [0.25, 0.3) is 0 Å². The highest BCUT2D eigenvalue weighted by Crippen LogP contribution is 2.07. The first-order valence-electron chi connectivity index (χ1n) is 5.89. The number of hydrogen-bond acceptors (Lipinski definition) is 6. The fourth-order valence-corrected chi connectivity index (χ4v) is 1.44. The van der Waals surface area contributed by atoms with Crippen molar-refractivity contribution in [2.75, 3.05) is 0 Å². The maximum Gasteiger partial charge on any atom is 0.341 e. The molecule has 2 aromatic rings. The van der Waals surface area contributed by atoms with Crippen LogP contribution in [0.15, 0.2) is 49.1 Å². The van der Waals surface area contributed by atoms with Gasteiger partial charge in [0.1, 0.15) is 0 Å². The van der Waals surface area contributed by atoms with E-state index in [-0.39, 0.29) is 0 Å². The average molecular weight is 272 g/mol. The summed E-state index contributed by atoms with van der Waals surface area (Å²) in [6, 6.07) is 6.05. The zero-order chi connectivity index (χ0) is 14.4. The molecule has 0 radical (unpaired) electrons. The van der Waals surface area contributed by atoms with Crippen molar-refractivity contribution >= 4 is 11.9 Å². The second kappa shape index (κ2) is 6.42. The molecule has 0 atom stereocenters. The molecule has 2 rings (SSSR count). The van der Waals surface area contributed by atoms with Crippen LogP contribution in [-0.2, 0) is 9.47 Å². The van der Waals surface area contributed by atoms with Gasteiger partial charge in [0.25, 0.3) is 0 Å². The maximum atomic E-state index is 11.7. The number of nitrogens with zero attached hydrogens (tertiary/aromatic N) is 2. The lowest BCUT2D eigenvalue weighted by atomic mass is 10.3. The summed E-state index contributed by atoms with van der Waals surface area (Å²) < 4.78 is 10.0. The lowest BCUT2D eigenvalue weighted by Gasteiger charge is -2.13. The van der Waals surface area contributed by atoms with Crippen LogP contribution in [0.2, 0.25) is 0 Å². The quantitative estimate of drug-likeness (QED) is 0.624. The number of hydrogen-bond donors (Lipinski definition) is 0. The smallest absolute Gasteiger partial charge is 0.341 e. The summed E-state index contributed by atoms with van der Waals surface area (Å²) in [6.45, 7) is 1.47. The van der Waals surface area contributed by atoms with Gasteiger partial charge in [-0.15, -0.1) is 0 Å². The molecule has 0 unspecified atom stereocenters. The summed E-state index contributed by atoms with van der Waals surface area (Å²) in [5.41, 5.74) is 0.679. The molecule has 0 aliphatic rings. The van der Waals surface area contributed by atoms with Crippen LogP contribution < -0.4 is 0 Å². The summed E-state index contributed by atoms with van der Waals surface area (Å²) in [6.07, 6.45) is 4.92. The van der Waals surface area contributed by atoms with Crippen LogP contribution in [0.1, 0.15) is 27.6 Å². The SMILES string of the molecule is CC(OC(=O)c1ccncc1)OC(=O)c1ccncc1. The highest BCUT2D eigenvalue weighted by atomic mass is 16.7. The van der Waals surface area contributed by atoms with E-state index in [0.29, 0.717) is 11.1 Å². The zero-order valence-electron chi connectivity index (χ0n) is 10.7. The van der Waals surface area contributed by atoms with Crippen molar-refractivity contribution in [2.24, 2.45) is 0 Å². The number of carbonyl (C=O) groups excluding carboxylic acids is 2. The van der Waals surface area contributed by atoms with Gasteiger partial charge in [0.2, 0.25) is 6.29 Å². The molecule has 20 heavy (non-hydrogen) atoms. The van der Waals surface area contributed by atoms with Crippen molar-refractivity contribution < 1.29 is 19.1 Å². The van der Waals surface area contributed by atoms with Crippen molar-refractivity contribution in [1.29, 1.82) is 0 Å². The van der Waals surface area contributed by atoms with E-state index < -0.39 is 18.2 Å². The molecule has 2 aromatic heterocycles. The Morgan fingerprint density at radius 1 is 0.850 bits per heavy atom. The average Bonchev–Trinajstić information content (AvgIpc) is 2.49. The van der Waals surface area contributed by atoms with Gasteiger partial charge in [-0.3, -0.25) is 9.97 Å². The van der Waals surface area contributed by atoms with Gasteiger partial charge in [0.05, 0.1) is 11.1 Å². The summed E-state index contributed by atoms with van der Waals surface area (Å²) in [4.78, 5) is 31.0. The molecule has 0 aliphatic carbocycles. The first kappa shape index (κ1) is 13.7. The minimum absolute atomic E-state index is 0.340. The van der Waals surface area contributed by atoms with Gasteiger partial charge in [0, 0.05) is 31.7 Å². The van der Waals surface area contributed by atoms with E-state index in [4.69, 9.17) is 9.47 Å². The number of carbonyl (C=O) groups is 2. The summed E-state index contributed by atoms with van der Waals surface area (Å²) in [5, 5.41) is 0. The van der Waals surface area contributed by atoms with E-state index in [2.05, 4.69) is 9.97 Å². The van der Waals surface area contributed by atoms with Crippen LogP contribution in [0.3, 0.4) is 0 Å². The highest BCUT2D eigenvalue weighted by Gasteiger charge is 2.16. The third-order valence-corrected chi connectivity index (χ3v) is 2.38. The van der Waals surface area contributed by atoms with Gasteiger partial charge in [-0.1, -0.05) is 0 Å². The summed E-state index contributed by atoms with van der Waals surface area (Å²) in [5.74, 6) is -1.16. The van der Waals surface area contributed by atoms with E-state index in [1.54, 1.807) is 0 Å². The molecule has 2 heterocycles. The van der Waals surface area contributed by atoms with Gasteiger partial charge in [-0.05, 0) is 24.3 Å². The normalized spacial score (nSPS) is 10.1. The third-order valence-electron chi connectivity index (χ3n) is 2.38. The topological polar surface area (TPSA) is 78.4 Å². The summed E-state index contributed by atoms with van der Waals surface area (Å²) in [7, 11) is 0. The molecular formula is C14H12N2O4. The lowest BCUT2D eigenvalue weighted by molar-refractivity contribution is -0.0692. The second-order valence-corrected chi connectivity index (χ2v) is 3.85. The Bertz CT molecular complexity index is 533. The van der Waals surface area contributed by atoms with Gasteiger partial charge in [0.15, 0.2) is 0 Å². The summed E-state index contributed by atoms with van der Waals surface area (Å²) >= 11 is 0. The first-order chi connectivity index (χ1) is 9.66. The van der Waals surface area contributed by atoms with Crippen LogP contribution >= 0.6 is 0 Å². The Morgan fingerprint density at radius 3 is 1.55 bits per heavy atom. The molecule has 6 nitrogen and oxygen atoms in total. The van der Waals surface area contributed by atoms with Crippen LogP contribution in [-0.4, -0.2) is 28.2 Å². The van der Waals surface area contributed by atoms with Crippen LogP contribution in [0.5, 0.6) is 0 Å². The van der Waals surface area contributed by atoms with Gasteiger partial charge < -0.3 is 9.47 Å². The van der Waals surface area contributed by atoms with Crippen molar-refractivity contribution in [3.63, 3.8) is 0 Å². The van der Waals surface area contributed by atoms with Gasteiger partial charge in [-0.2, -0.15) is 0 Å². The Labute approximate surface area is 115 Å². The number of rotatable bonds is 4. The number of pyridine rings is 2. The van der Waals surface area contributed by atoms with E-state index in [0.717, 1.165) is 0 Å². The maximum absolute atomic E-state index is 11.7. The van der Waals surface area contributed by atoms with E-state index in [9.17, 15) is 9.59 Å². The predicted molar refractivity (Wildman–Crippen MR) is 68.8 cm³/mol. The fraction of sp³-hybridized carbons (Fsp3) is 0.143. The van der Waals surface area contributed by atoms with Crippen molar-refractivity contribution in [3.05, 3.63) is 60.2 Å². The van der Waals surface area contributed by atoms with Crippen molar-refractivity contribution in [2.45, 2.75) is 13.2 Å². The minimum Gasteiger partial charge on any atom is -0.422 e. The zero-order valence-corrected chi connectivity index (χ0v) is 10.7. The Hall–Kier alpha value is -2.76. The lowest BCUT2D eigenvalue weighted by Crippen LogP contribution is -2.21. The molecule has 0 bridgehead atoms. The fourth-order valence-electron chi connectivity index (χ4n) is 1.44. The molecular weight excluding hydrogens is 260 g/mol. The molecule has 0 saturated carbocycles. The Balaban J connectivity index is 1.91. The molecule has 0 N–H and O–H groups in total. The molecule has 0 amide bonds. The molecule has 0 spiro atoms. The van der Waals surface area contributed by atoms with Crippen molar-refractivity contribution in [1.82, 2.24) is 9.97 Å². The van der Waals surface area contributed by atoms with Crippen LogP contribution in [0, 0.1) is 0 Å². The van der Waals surface area contributed by atoms with Crippen LogP contribution in [0.4, 0.5) is 0 Å². The molecule has 102 valence electrons. The first-order valence-corrected chi connectivity index (χ1v) is 5.89. The highest BCUT2D eigenvalue weighted by molar-refractivity contribution is 5.90. The Morgan fingerprint density at radius 2 is 1.20 bits per heavy atom. The van der Waals surface area contributed by atoms with E-state index in [1.165, 1.54) is 56.0 Å². The molecule has 0 fully saturated rings. The predicted octanol–water partition coefficient (Wildman–Crippen LogP) is 1.84. The number of aromatic nitrogens is 2. The van der Waals surface area contributed by atoms with Crippen molar-refractivity contribution in [3.8, 4) is 0 Å². The second-order valence-electron chi connectivity index (χ2n) is 3.85. The monoisotopic (exact) mass is 272 g/mol. The number of esters is 2.